The molecule has 0 aromatic heterocycles. The van der Waals surface area contributed by atoms with E-state index in [2.05, 4.69) is 5.32 Å². The standard InChI is InChI=1S/C19H20N2O5/c1-21(12-16(22)23)18(24)17(15-10-6-3-7-11-15)20-19(25)26-13-14-8-4-2-5-9-14/h2-11,17H,12-13H2,1H3,(H,20,25)(H,22,23)/t17-/m0/s1. The van der Waals surface area contributed by atoms with Crippen LogP contribution < -0.4 is 5.32 Å². The Hall–Kier alpha value is -3.35. The van der Waals surface area contributed by atoms with E-state index in [1.807, 2.05) is 30.3 Å². The summed E-state index contributed by atoms with van der Waals surface area (Å²) in [5, 5.41) is 11.4. The van der Waals surface area contributed by atoms with Crippen molar-refractivity contribution in [2.24, 2.45) is 0 Å². The first-order valence-corrected chi connectivity index (χ1v) is 7.96. The summed E-state index contributed by atoms with van der Waals surface area (Å²) in [7, 11) is 1.36. The molecule has 136 valence electrons. The van der Waals surface area contributed by atoms with Gasteiger partial charge >= 0.3 is 12.1 Å². The molecule has 0 saturated heterocycles. The quantitative estimate of drug-likeness (QED) is 0.793. The molecule has 0 bridgehead atoms. The SMILES string of the molecule is CN(CC(=O)O)C(=O)[C@@H](NC(=O)OCc1ccccc1)c1ccccc1. The lowest BCUT2D eigenvalue weighted by molar-refractivity contribution is -0.144. The van der Waals surface area contributed by atoms with E-state index < -0.39 is 30.6 Å². The molecule has 0 saturated carbocycles. The van der Waals surface area contributed by atoms with E-state index in [0.29, 0.717) is 5.56 Å². The number of carbonyl (C=O) groups is 3. The van der Waals surface area contributed by atoms with E-state index >= 15 is 0 Å². The summed E-state index contributed by atoms with van der Waals surface area (Å²) in [5.41, 5.74) is 1.35. The van der Waals surface area contributed by atoms with Gasteiger partial charge in [-0.25, -0.2) is 4.79 Å². The number of alkyl carbamates (subject to hydrolysis) is 1. The number of benzene rings is 2. The van der Waals surface area contributed by atoms with Gasteiger partial charge in [0.1, 0.15) is 19.2 Å². The van der Waals surface area contributed by atoms with Gasteiger partial charge in [-0.15, -0.1) is 0 Å². The van der Waals surface area contributed by atoms with Gasteiger partial charge in [0.05, 0.1) is 0 Å². The van der Waals surface area contributed by atoms with Crippen molar-refractivity contribution < 1.29 is 24.2 Å². The van der Waals surface area contributed by atoms with Gasteiger partial charge in [-0.3, -0.25) is 9.59 Å². The number of hydrogen-bond acceptors (Lipinski definition) is 4. The molecule has 0 aliphatic rings. The average molecular weight is 356 g/mol. The normalized spacial score (nSPS) is 11.3. The second-order valence-corrected chi connectivity index (χ2v) is 5.64. The Morgan fingerprint density at radius 3 is 2.19 bits per heavy atom. The van der Waals surface area contributed by atoms with Crippen LogP contribution >= 0.6 is 0 Å². The number of hydrogen-bond donors (Lipinski definition) is 2. The fourth-order valence-electron chi connectivity index (χ4n) is 2.32. The van der Waals surface area contributed by atoms with Crippen LogP contribution in [0, 0.1) is 0 Å². The summed E-state index contributed by atoms with van der Waals surface area (Å²) in [6, 6.07) is 16.7. The van der Waals surface area contributed by atoms with Crippen LogP contribution in [0.3, 0.4) is 0 Å². The van der Waals surface area contributed by atoms with Crippen LogP contribution in [0.15, 0.2) is 60.7 Å². The highest BCUT2D eigenvalue weighted by molar-refractivity contribution is 5.88. The molecule has 0 aliphatic heterocycles. The van der Waals surface area contributed by atoms with Crippen LogP contribution in [-0.4, -0.2) is 41.6 Å². The molecule has 2 aromatic rings. The highest BCUT2D eigenvalue weighted by atomic mass is 16.5. The monoisotopic (exact) mass is 356 g/mol. The summed E-state index contributed by atoms with van der Waals surface area (Å²) in [4.78, 5) is 36.6. The van der Waals surface area contributed by atoms with E-state index in [0.717, 1.165) is 10.5 Å². The second-order valence-electron chi connectivity index (χ2n) is 5.64. The Morgan fingerprint density at radius 1 is 1.04 bits per heavy atom. The number of rotatable bonds is 7. The molecular weight excluding hydrogens is 336 g/mol. The molecular formula is C19H20N2O5. The second kappa shape index (κ2) is 9.22. The lowest BCUT2D eigenvalue weighted by Crippen LogP contribution is -2.43. The summed E-state index contributed by atoms with van der Waals surface area (Å²) in [6.07, 6.45) is -0.764. The number of nitrogens with zero attached hydrogens (tertiary/aromatic N) is 1. The molecule has 2 rings (SSSR count). The Kier molecular flexibility index (Phi) is 6.73. The van der Waals surface area contributed by atoms with Gasteiger partial charge in [0.25, 0.3) is 0 Å². The molecule has 0 unspecified atom stereocenters. The highest BCUT2D eigenvalue weighted by Gasteiger charge is 2.27. The van der Waals surface area contributed by atoms with Gasteiger partial charge in [0.2, 0.25) is 5.91 Å². The average Bonchev–Trinajstić information content (AvgIpc) is 2.65. The van der Waals surface area contributed by atoms with Crippen LogP contribution in [0.1, 0.15) is 17.2 Å². The highest BCUT2D eigenvalue weighted by Crippen LogP contribution is 2.16. The first-order valence-electron chi connectivity index (χ1n) is 7.96. The minimum Gasteiger partial charge on any atom is -0.480 e. The van der Waals surface area contributed by atoms with Crippen molar-refractivity contribution in [3.05, 3.63) is 71.8 Å². The van der Waals surface area contributed by atoms with Crippen molar-refractivity contribution >= 4 is 18.0 Å². The van der Waals surface area contributed by atoms with E-state index in [-0.39, 0.29) is 6.61 Å². The minimum atomic E-state index is -1.14. The maximum atomic E-state index is 12.6. The van der Waals surface area contributed by atoms with E-state index in [1.165, 1.54) is 7.05 Å². The fraction of sp³-hybridized carbons (Fsp3) is 0.211. The summed E-state index contributed by atoms with van der Waals surface area (Å²) >= 11 is 0. The van der Waals surface area contributed by atoms with E-state index in [9.17, 15) is 14.4 Å². The summed E-state index contributed by atoms with van der Waals surface area (Å²) in [6.45, 7) is -0.406. The van der Waals surface area contributed by atoms with Crippen molar-refractivity contribution in [1.82, 2.24) is 10.2 Å². The molecule has 26 heavy (non-hydrogen) atoms. The third-order valence-corrected chi connectivity index (χ3v) is 3.60. The minimum absolute atomic E-state index is 0.0628. The zero-order valence-electron chi connectivity index (χ0n) is 14.3. The first-order chi connectivity index (χ1) is 12.5. The predicted molar refractivity (Wildman–Crippen MR) is 94.2 cm³/mol. The predicted octanol–water partition coefficient (Wildman–Crippen LogP) is 2.20. The zero-order valence-corrected chi connectivity index (χ0v) is 14.3. The van der Waals surface area contributed by atoms with Crippen LogP contribution in [0.4, 0.5) is 4.79 Å². The number of aliphatic carboxylic acids is 1. The molecule has 7 heteroatoms. The lowest BCUT2D eigenvalue weighted by atomic mass is 10.1. The number of ether oxygens (including phenoxy) is 1. The molecule has 2 amide bonds. The van der Waals surface area contributed by atoms with Gasteiger partial charge in [0.15, 0.2) is 0 Å². The molecule has 0 aliphatic carbocycles. The molecule has 0 spiro atoms. The Balaban J connectivity index is 2.07. The molecule has 1 atom stereocenters. The first kappa shape index (κ1) is 19.0. The molecule has 0 fully saturated rings. The van der Waals surface area contributed by atoms with E-state index in [1.54, 1.807) is 30.3 Å². The molecule has 2 N–H and O–H groups in total. The number of carbonyl (C=O) groups excluding carboxylic acids is 2. The topological polar surface area (TPSA) is 95.9 Å². The smallest absolute Gasteiger partial charge is 0.408 e. The van der Waals surface area contributed by atoms with Gasteiger partial charge in [0, 0.05) is 7.05 Å². The van der Waals surface area contributed by atoms with Gasteiger partial charge in [-0.2, -0.15) is 0 Å². The summed E-state index contributed by atoms with van der Waals surface area (Å²) in [5.74, 6) is -1.69. The number of carboxylic acids is 1. The lowest BCUT2D eigenvalue weighted by Gasteiger charge is -2.23. The van der Waals surface area contributed by atoms with Crippen molar-refractivity contribution in [2.45, 2.75) is 12.6 Å². The molecule has 0 heterocycles. The maximum absolute atomic E-state index is 12.6. The van der Waals surface area contributed by atoms with E-state index in [4.69, 9.17) is 9.84 Å². The molecule has 7 nitrogen and oxygen atoms in total. The number of amides is 2. The largest absolute Gasteiger partial charge is 0.480 e. The van der Waals surface area contributed by atoms with Crippen molar-refractivity contribution in [3.8, 4) is 0 Å². The van der Waals surface area contributed by atoms with Gasteiger partial charge in [-0.1, -0.05) is 60.7 Å². The zero-order chi connectivity index (χ0) is 18.9. The number of likely N-dealkylation sites (N-methyl/N-ethyl adjacent to an activating group) is 1. The number of nitrogens with one attached hydrogen (secondary N) is 1. The van der Waals surface area contributed by atoms with Crippen LogP contribution in [0.25, 0.3) is 0 Å². The van der Waals surface area contributed by atoms with Crippen molar-refractivity contribution in [3.63, 3.8) is 0 Å². The molecule has 0 radical (unpaired) electrons. The Labute approximate surface area is 151 Å². The van der Waals surface area contributed by atoms with Crippen molar-refractivity contribution in [1.29, 1.82) is 0 Å². The van der Waals surface area contributed by atoms with Gasteiger partial charge in [-0.05, 0) is 11.1 Å². The van der Waals surface area contributed by atoms with Crippen LogP contribution in [0.2, 0.25) is 0 Å². The third kappa shape index (κ3) is 5.62. The Morgan fingerprint density at radius 2 is 1.62 bits per heavy atom. The summed E-state index contributed by atoms with van der Waals surface area (Å²) < 4.78 is 5.15. The van der Waals surface area contributed by atoms with Gasteiger partial charge < -0.3 is 20.1 Å². The third-order valence-electron chi connectivity index (χ3n) is 3.60. The van der Waals surface area contributed by atoms with Crippen molar-refractivity contribution in [2.75, 3.05) is 13.6 Å². The molecule has 2 aromatic carbocycles. The number of carboxylic acid groups (broad SMARTS) is 1. The fourth-order valence-corrected chi connectivity index (χ4v) is 2.32. The Bertz CT molecular complexity index is 749. The van der Waals surface area contributed by atoms with Crippen LogP contribution in [0.5, 0.6) is 0 Å². The van der Waals surface area contributed by atoms with Crippen LogP contribution in [-0.2, 0) is 20.9 Å². The maximum Gasteiger partial charge on any atom is 0.408 e.